The Morgan fingerprint density at radius 2 is 2.21 bits per heavy atom. The van der Waals surface area contributed by atoms with Crippen molar-refractivity contribution >= 4 is 11.3 Å². The van der Waals surface area contributed by atoms with Gasteiger partial charge < -0.3 is 5.73 Å². The van der Waals surface area contributed by atoms with Gasteiger partial charge in [-0.2, -0.15) is 13.2 Å². The van der Waals surface area contributed by atoms with Crippen molar-refractivity contribution in [2.75, 3.05) is 0 Å². The van der Waals surface area contributed by atoms with Crippen LogP contribution in [0.15, 0.2) is 5.38 Å². The number of alkyl halides is 3. The lowest BCUT2D eigenvalue weighted by molar-refractivity contribution is -0.136. The van der Waals surface area contributed by atoms with E-state index < -0.39 is 18.6 Å². The van der Waals surface area contributed by atoms with E-state index in [1.54, 1.807) is 12.3 Å². The summed E-state index contributed by atoms with van der Waals surface area (Å²) in [5, 5.41) is 2.53. The number of aryl methyl sites for hydroxylation is 1. The predicted molar refractivity (Wildman–Crippen MR) is 49.1 cm³/mol. The lowest BCUT2D eigenvalue weighted by atomic mass is 10.1. The molecule has 2 nitrogen and oxygen atoms in total. The van der Waals surface area contributed by atoms with Gasteiger partial charge in [-0.05, 0) is 13.3 Å². The molecule has 0 aliphatic heterocycles. The highest BCUT2D eigenvalue weighted by molar-refractivity contribution is 7.09. The molecule has 0 radical (unpaired) electrons. The molecule has 0 saturated carbocycles. The number of hydrogen-bond acceptors (Lipinski definition) is 3. The summed E-state index contributed by atoms with van der Waals surface area (Å²) in [5.41, 5.74) is 6.11. The number of aromatic nitrogens is 1. The van der Waals surface area contributed by atoms with E-state index in [2.05, 4.69) is 4.98 Å². The summed E-state index contributed by atoms with van der Waals surface area (Å²) >= 11 is 1.39. The Morgan fingerprint density at radius 3 is 2.64 bits per heavy atom. The maximum absolute atomic E-state index is 11.9. The third-order valence-corrected chi connectivity index (χ3v) is 2.55. The average Bonchev–Trinajstić information content (AvgIpc) is 2.46. The van der Waals surface area contributed by atoms with Gasteiger partial charge in [-0.3, -0.25) is 0 Å². The fourth-order valence-electron chi connectivity index (χ4n) is 1.02. The summed E-state index contributed by atoms with van der Waals surface area (Å²) in [6.07, 6.45) is -5.10. The zero-order valence-electron chi connectivity index (χ0n) is 7.64. The maximum atomic E-state index is 11.9. The van der Waals surface area contributed by atoms with Crippen LogP contribution in [0.5, 0.6) is 0 Å². The molecule has 80 valence electrons. The van der Waals surface area contributed by atoms with Crippen molar-refractivity contribution in [1.29, 1.82) is 0 Å². The third kappa shape index (κ3) is 3.63. The van der Waals surface area contributed by atoms with Crippen LogP contribution in [0.4, 0.5) is 13.2 Å². The SMILES string of the molecule is Cc1nc(C(N)CCC(F)(F)F)cs1. The van der Waals surface area contributed by atoms with Crippen LogP contribution >= 0.6 is 11.3 Å². The Labute approximate surface area is 84.0 Å². The maximum Gasteiger partial charge on any atom is 0.389 e. The minimum Gasteiger partial charge on any atom is -0.323 e. The lowest BCUT2D eigenvalue weighted by Gasteiger charge is -2.10. The van der Waals surface area contributed by atoms with Gasteiger partial charge in [0.25, 0.3) is 0 Å². The second-order valence-electron chi connectivity index (χ2n) is 3.05. The van der Waals surface area contributed by atoms with Gasteiger partial charge in [0.1, 0.15) is 0 Å². The fourth-order valence-corrected chi connectivity index (χ4v) is 1.69. The Balaban J connectivity index is 2.47. The zero-order valence-corrected chi connectivity index (χ0v) is 8.45. The van der Waals surface area contributed by atoms with Crippen LogP contribution in [0, 0.1) is 6.92 Å². The molecule has 0 aliphatic rings. The van der Waals surface area contributed by atoms with Gasteiger partial charge in [-0.1, -0.05) is 0 Å². The van der Waals surface area contributed by atoms with Crippen LogP contribution in [0.2, 0.25) is 0 Å². The van der Waals surface area contributed by atoms with Crippen LogP contribution in [0.25, 0.3) is 0 Å². The summed E-state index contributed by atoms with van der Waals surface area (Å²) in [4.78, 5) is 4.04. The monoisotopic (exact) mass is 224 g/mol. The topological polar surface area (TPSA) is 38.9 Å². The number of rotatable bonds is 3. The highest BCUT2D eigenvalue weighted by Crippen LogP contribution is 2.26. The van der Waals surface area contributed by atoms with Gasteiger partial charge in [0.2, 0.25) is 0 Å². The molecule has 1 aromatic heterocycles. The first-order valence-corrected chi connectivity index (χ1v) is 5.01. The summed E-state index contributed by atoms with van der Waals surface area (Å²) < 4.78 is 35.6. The molecule has 0 saturated heterocycles. The number of nitrogens with two attached hydrogens (primary N) is 1. The largest absolute Gasteiger partial charge is 0.389 e. The predicted octanol–water partition coefficient (Wildman–Crippen LogP) is 2.79. The summed E-state index contributed by atoms with van der Waals surface area (Å²) in [6, 6.07) is -0.610. The van der Waals surface area contributed by atoms with Crippen molar-refractivity contribution in [2.45, 2.75) is 32.0 Å². The Kier molecular flexibility index (Phi) is 3.49. The Morgan fingerprint density at radius 1 is 1.57 bits per heavy atom. The Hall–Kier alpha value is -0.620. The normalized spacial score (nSPS) is 14.4. The molecule has 1 aromatic rings. The van der Waals surface area contributed by atoms with Crippen LogP contribution in [-0.2, 0) is 0 Å². The van der Waals surface area contributed by atoms with E-state index in [0.717, 1.165) is 5.01 Å². The van der Waals surface area contributed by atoms with Gasteiger partial charge in [0.15, 0.2) is 0 Å². The van der Waals surface area contributed by atoms with E-state index in [9.17, 15) is 13.2 Å². The van der Waals surface area contributed by atoms with Crippen LogP contribution in [-0.4, -0.2) is 11.2 Å². The van der Waals surface area contributed by atoms with Crippen molar-refractivity contribution in [1.82, 2.24) is 4.98 Å². The zero-order chi connectivity index (χ0) is 10.8. The van der Waals surface area contributed by atoms with Gasteiger partial charge >= 0.3 is 6.18 Å². The first kappa shape index (κ1) is 11.5. The minimum absolute atomic E-state index is 0.104. The van der Waals surface area contributed by atoms with Crippen LogP contribution in [0.1, 0.15) is 29.6 Å². The fraction of sp³-hybridized carbons (Fsp3) is 0.625. The van der Waals surface area contributed by atoms with E-state index in [1.165, 1.54) is 11.3 Å². The summed E-state index contributed by atoms with van der Waals surface area (Å²) in [5.74, 6) is 0. The molecule has 1 atom stereocenters. The molecule has 2 N–H and O–H groups in total. The lowest BCUT2D eigenvalue weighted by Crippen LogP contribution is -2.16. The first-order chi connectivity index (χ1) is 6.38. The number of halogens is 3. The molecule has 1 heterocycles. The molecule has 0 amide bonds. The minimum atomic E-state index is -4.14. The summed E-state index contributed by atoms with van der Waals surface area (Å²) in [7, 11) is 0. The van der Waals surface area contributed by atoms with Crippen molar-refractivity contribution in [3.8, 4) is 0 Å². The summed E-state index contributed by atoms with van der Waals surface area (Å²) in [6.45, 7) is 1.80. The number of thiazole rings is 1. The first-order valence-electron chi connectivity index (χ1n) is 4.13. The molecule has 1 rings (SSSR count). The van der Waals surface area contributed by atoms with Crippen LogP contribution in [0.3, 0.4) is 0 Å². The number of nitrogens with zero attached hydrogens (tertiary/aromatic N) is 1. The van der Waals surface area contributed by atoms with Crippen molar-refractivity contribution in [3.63, 3.8) is 0 Å². The molecule has 0 aromatic carbocycles. The van der Waals surface area contributed by atoms with E-state index in [0.29, 0.717) is 5.69 Å². The van der Waals surface area contributed by atoms with E-state index in [1.807, 2.05) is 0 Å². The van der Waals surface area contributed by atoms with E-state index in [-0.39, 0.29) is 6.42 Å². The molecule has 0 fully saturated rings. The number of hydrogen-bond donors (Lipinski definition) is 1. The van der Waals surface area contributed by atoms with Gasteiger partial charge in [-0.15, -0.1) is 11.3 Å². The molecular weight excluding hydrogens is 213 g/mol. The molecule has 0 bridgehead atoms. The average molecular weight is 224 g/mol. The Bertz CT molecular complexity index is 295. The van der Waals surface area contributed by atoms with E-state index >= 15 is 0 Å². The highest BCUT2D eigenvalue weighted by atomic mass is 32.1. The smallest absolute Gasteiger partial charge is 0.323 e. The van der Waals surface area contributed by atoms with Gasteiger partial charge in [0.05, 0.1) is 10.7 Å². The second kappa shape index (κ2) is 4.27. The standard InChI is InChI=1S/C8H11F3N2S/c1-5-13-7(4-14-5)6(12)2-3-8(9,10)11/h4,6H,2-3,12H2,1H3. The molecule has 0 aliphatic carbocycles. The molecule has 6 heteroatoms. The van der Waals surface area contributed by atoms with Gasteiger partial charge in [0, 0.05) is 17.8 Å². The van der Waals surface area contributed by atoms with Crippen molar-refractivity contribution in [2.24, 2.45) is 5.73 Å². The van der Waals surface area contributed by atoms with Gasteiger partial charge in [-0.25, -0.2) is 4.98 Å². The third-order valence-electron chi connectivity index (χ3n) is 1.76. The molecular formula is C8H11F3N2S. The van der Waals surface area contributed by atoms with Crippen molar-refractivity contribution < 1.29 is 13.2 Å². The van der Waals surface area contributed by atoms with E-state index in [4.69, 9.17) is 5.73 Å². The quantitative estimate of drug-likeness (QED) is 0.857. The second-order valence-corrected chi connectivity index (χ2v) is 4.11. The van der Waals surface area contributed by atoms with Crippen molar-refractivity contribution in [3.05, 3.63) is 16.1 Å². The molecule has 14 heavy (non-hydrogen) atoms. The molecule has 0 spiro atoms. The highest BCUT2D eigenvalue weighted by Gasteiger charge is 2.28. The molecule has 1 unspecified atom stereocenters. The van der Waals surface area contributed by atoms with Crippen LogP contribution < -0.4 is 5.73 Å².